The van der Waals surface area contributed by atoms with Crippen LogP contribution < -0.4 is 5.32 Å². The van der Waals surface area contributed by atoms with Gasteiger partial charge in [-0.3, -0.25) is 0 Å². The Labute approximate surface area is 141 Å². The van der Waals surface area contributed by atoms with Crippen LogP contribution in [0, 0.1) is 20.8 Å². The van der Waals surface area contributed by atoms with Crippen molar-refractivity contribution in [3.05, 3.63) is 76.4 Å². The number of aromatic nitrogens is 4. The van der Waals surface area contributed by atoms with Gasteiger partial charge in [-0.15, -0.1) is 0 Å². The fourth-order valence-corrected chi connectivity index (χ4v) is 3.02. The van der Waals surface area contributed by atoms with Crippen molar-refractivity contribution < 1.29 is 0 Å². The Morgan fingerprint density at radius 2 is 1.88 bits per heavy atom. The fourth-order valence-electron chi connectivity index (χ4n) is 3.02. The topological polar surface area (TPSA) is 55.6 Å². The number of benzene rings is 2. The molecule has 0 spiro atoms. The van der Waals surface area contributed by atoms with E-state index in [1.165, 1.54) is 22.3 Å². The summed E-state index contributed by atoms with van der Waals surface area (Å²) in [6.07, 6.45) is 2.18. The highest BCUT2D eigenvalue weighted by Gasteiger charge is 2.24. The number of anilines is 1. The Balaban J connectivity index is 1.82. The Morgan fingerprint density at radius 3 is 2.67 bits per heavy atom. The normalized spacial score (nSPS) is 16.3. The van der Waals surface area contributed by atoms with Gasteiger partial charge in [-0.25, -0.2) is 0 Å². The monoisotopic (exact) mass is 317 g/mol. The number of nitrogens with one attached hydrogen (secondary N) is 1. The summed E-state index contributed by atoms with van der Waals surface area (Å²) in [6.45, 7) is 6.35. The van der Waals surface area contributed by atoms with E-state index >= 15 is 0 Å². The number of rotatable bonds is 2. The molecule has 1 aliphatic rings. The van der Waals surface area contributed by atoms with E-state index in [2.05, 4.69) is 90.2 Å². The van der Waals surface area contributed by atoms with E-state index in [1.807, 2.05) is 4.68 Å². The van der Waals surface area contributed by atoms with Gasteiger partial charge in [0.2, 0.25) is 5.95 Å². The smallest absolute Gasteiger partial charge is 0.248 e. The molecule has 120 valence electrons. The van der Waals surface area contributed by atoms with E-state index in [-0.39, 0.29) is 6.04 Å². The third kappa shape index (κ3) is 2.48. The van der Waals surface area contributed by atoms with Gasteiger partial charge in [0.1, 0.15) is 6.04 Å². The molecule has 5 heteroatoms. The third-order valence-electron chi connectivity index (χ3n) is 4.53. The van der Waals surface area contributed by atoms with Gasteiger partial charge in [0.25, 0.3) is 0 Å². The Hall–Kier alpha value is -2.95. The molecular weight excluding hydrogens is 298 g/mol. The molecule has 0 radical (unpaired) electrons. The van der Waals surface area contributed by atoms with Crippen molar-refractivity contribution in [2.45, 2.75) is 26.8 Å². The number of nitrogens with zero attached hydrogens (tertiary/aromatic N) is 4. The number of fused-ring (bicyclic) bond motifs is 1. The Kier molecular flexibility index (Phi) is 3.41. The molecule has 1 N–H and O–H groups in total. The van der Waals surface area contributed by atoms with Crippen LogP contribution in [0.15, 0.2) is 48.5 Å². The first-order chi connectivity index (χ1) is 11.6. The minimum atomic E-state index is -0.0206. The molecule has 1 aliphatic heterocycles. The number of aryl methyl sites for hydroxylation is 3. The molecule has 0 saturated carbocycles. The zero-order valence-corrected chi connectivity index (χ0v) is 14.0. The van der Waals surface area contributed by atoms with Gasteiger partial charge in [-0.2, -0.15) is 4.68 Å². The highest BCUT2D eigenvalue weighted by atomic mass is 15.6. The van der Waals surface area contributed by atoms with Crippen LogP contribution in [0.25, 0.3) is 5.70 Å². The minimum absolute atomic E-state index is 0.0206. The second-order valence-electron chi connectivity index (χ2n) is 6.31. The zero-order valence-electron chi connectivity index (χ0n) is 14.0. The summed E-state index contributed by atoms with van der Waals surface area (Å²) in [7, 11) is 0. The molecule has 0 fully saturated rings. The van der Waals surface area contributed by atoms with E-state index in [0.717, 1.165) is 11.3 Å². The van der Waals surface area contributed by atoms with Gasteiger partial charge in [0, 0.05) is 5.70 Å². The van der Waals surface area contributed by atoms with Crippen LogP contribution in [0.5, 0.6) is 0 Å². The fraction of sp³-hybridized carbons (Fsp3) is 0.211. The Bertz CT molecular complexity index is 938. The predicted molar refractivity (Wildman–Crippen MR) is 94.7 cm³/mol. The molecule has 24 heavy (non-hydrogen) atoms. The van der Waals surface area contributed by atoms with Crippen molar-refractivity contribution in [3.8, 4) is 0 Å². The quantitative estimate of drug-likeness (QED) is 0.784. The summed E-state index contributed by atoms with van der Waals surface area (Å²) in [5.41, 5.74) is 7.13. The van der Waals surface area contributed by atoms with E-state index in [1.54, 1.807) is 0 Å². The maximum Gasteiger partial charge on any atom is 0.248 e. The molecule has 2 heterocycles. The lowest BCUT2D eigenvalue weighted by atomic mass is 9.98. The summed E-state index contributed by atoms with van der Waals surface area (Å²) in [6, 6.07) is 14.9. The lowest BCUT2D eigenvalue weighted by Gasteiger charge is -2.24. The van der Waals surface area contributed by atoms with Crippen LogP contribution >= 0.6 is 0 Å². The maximum atomic E-state index is 4.15. The highest BCUT2D eigenvalue weighted by Crippen LogP contribution is 2.32. The molecule has 5 nitrogen and oxygen atoms in total. The lowest BCUT2D eigenvalue weighted by molar-refractivity contribution is 0.585. The van der Waals surface area contributed by atoms with E-state index < -0.39 is 0 Å². The summed E-state index contributed by atoms with van der Waals surface area (Å²) < 4.78 is 1.82. The molecule has 0 aliphatic carbocycles. The Morgan fingerprint density at radius 1 is 1.00 bits per heavy atom. The van der Waals surface area contributed by atoms with E-state index in [0.29, 0.717) is 5.95 Å². The standard InChI is InChI=1S/C19H19N5/c1-12-5-4-6-16(9-12)18-11-17(20-19-21-22-23-24(18)19)15-8-7-13(2)14(3)10-15/h4-11,18H,1-3H3,(H,20,21,23)/t18-/m0/s1. The van der Waals surface area contributed by atoms with E-state index in [9.17, 15) is 0 Å². The van der Waals surface area contributed by atoms with Gasteiger partial charge in [-0.1, -0.05) is 47.1 Å². The molecule has 2 aromatic carbocycles. The van der Waals surface area contributed by atoms with Gasteiger partial charge < -0.3 is 5.32 Å². The molecule has 0 unspecified atom stereocenters. The van der Waals surface area contributed by atoms with Gasteiger partial charge in [0.15, 0.2) is 0 Å². The maximum absolute atomic E-state index is 4.15. The molecule has 0 amide bonds. The summed E-state index contributed by atoms with van der Waals surface area (Å²) >= 11 is 0. The summed E-state index contributed by atoms with van der Waals surface area (Å²) in [5.74, 6) is 0.664. The number of allylic oxidation sites excluding steroid dienone is 1. The predicted octanol–water partition coefficient (Wildman–Crippen LogP) is 3.65. The number of hydrogen-bond acceptors (Lipinski definition) is 4. The average molecular weight is 317 g/mol. The largest absolute Gasteiger partial charge is 0.323 e. The van der Waals surface area contributed by atoms with Crippen molar-refractivity contribution in [3.63, 3.8) is 0 Å². The first kappa shape index (κ1) is 14.6. The lowest BCUT2D eigenvalue weighted by Crippen LogP contribution is -2.20. The molecule has 4 rings (SSSR count). The van der Waals surface area contributed by atoms with E-state index in [4.69, 9.17) is 0 Å². The minimum Gasteiger partial charge on any atom is -0.323 e. The molecule has 0 bridgehead atoms. The second kappa shape index (κ2) is 5.60. The van der Waals surface area contributed by atoms with Crippen molar-refractivity contribution in [2.75, 3.05) is 5.32 Å². The zero-order chi connectivity index (χ0) is 16.7. The summed E-state index contributed by atoms with van der Waals surface area (Å²) in [4.78, 5) is 0. The van der Waals surface area contributed by atoms with Crippen molar-refractivity contribution >= 4 is 11.6 Å². The van der Waals surface area contributed by atoms with Gasteiger partial charge in [-0.05, 0) is 65.6 Å². The number of hydrogen-bond donors (Lipinski definition) is 1. The van der Waals surface area contributed by atoms with Crippen LogP contribution in [0.2, 0.25) is 0 Å². The third-order valence-corrected chi connectivity index (χ3v) is 4.53. The van der Waals surface area contributed by atoms with Crippen LogP contribution in [0.3, 0.4) is 0 Å². The molecule has 1 atom stereocenters. The van der Waals surface area contributed by atoms with Crippen molar-refractivity contribution in [2.24, 2.45) is 0 Å². The van der Waals surface area contributed by atoms with Gasteiger partial charge >= 0.3 is 0 Å². The second-order valence-corrected chi connectivity index (χ2v) is 6.31. The average Bonchev–Trinajstić information content (AvgIpc) is 3.05. The van der Waals surface area contributed by atoms with Crippen molar-refractivity contribution in [1.82, 2.24) is 20.2 Å². The summed E-state index contributed by atoms with van der Waals surface area (Å²) in [5, 5.41) is 15.4. The van der Waals surface area contributed by atoms with Crippen LogP contribution in [-0.2, 0) is 0 Å². The van der Waals surface area contributed by atoms with Gasteiger partial charge in [0.05, 0.1) is 0 Å². The molecular formula is C19H19N5. The van der Waals surface area contributed by atoms with Crippen LogP contribution in [0.4, 0.5) is 5.95 Å². The molecule has 3 aromatic rings. The van der Waals surface area contributed by atoms with Crippen LogP contribution in [0.1, 0.15) is 33.9 Å². The highest BCUT2D eigenvalue weighted by molar-refractivity contribution is 5.77. The molecule has 1 aromatic heterocycles. The van der Waals surface area contributed by atoms with Crippen molar-refractivity contribution in [1.29, 1.82) is 0 Å². The first-order valence-electron chi connectivity index (χ1n) is 8.03. The van der Waals surface area contributed by atoms with Crippen LogP contribution in [-0.4, -0.2) is 20.2 Å². The molecule has 0 saturated heterocycles. The number of tetrazole rings is 1. The SMILES string of the molecule is Cc1cccc([C@@H]2C=C(c3ccc(C)c(C)c3)Nc3nnnn32)c1. The first-order valence-corrected chi connectivity index (χ1v) is 8.03.